The number of hydrogen-bond acceptors (Lipinski definition) is 4. The highest BCUT2D eigenvalue weighted by Crippen LogP contribution is 2.20. The molecule has 2 heterocycles. The van der Waals surface area contributed by atoms with E-state index in [2.05, 4.69) is 16.9 Å². The van der Waals surface area contributed by atoms with Gasteiger partial charge in [-0.1, -0.05) is 13.0 Å². The molecule has 0 fully saturated rings. The molecular weight excluding hydrogens is 228 g/mol. The number of pyridine rings is 1. The van der Waals surface area contributed by atoms with E-state index in [9.17, 15) is 5.11 Å². The Bertz CT molecular complexity index is 509. The summed E-state index contributed by atoms with van der Waals surface area (Å²) >= 11 is 0. The first kappa shape index (κ1) is 12.6. The molecule has 2 aromatic heterocycles. The summed E-state index contributed by atoms with van der Waals surface area (Å²) in [6.45, 7) is 2.95. The van der Waals surface area contributed by atoms with Crippen molar-refractivity contribution in [3.8, 4) is 0 Å². The van der Waals surface area contributed by atoms with Crippen LogP contribution in [0.1, 0.15) is 30.7 Å². The van der Waals surface area contributed by atoms with Crippen LogP contribution in [0.3, 0.4) is 0 Å². The molecule has 0 aliphatic rings. The summed E-state index contributed by atoms with van der Waals surface area (Å²) < 4.78 is 1.97. The fourth-order valence-electron chi connectivity index (χ4n) is 1.97. The normalized spacial score (nSPS) is 12.6. The summed E-state index contributed by atoms with van der Waals surface area (Å²) in [7, 11) is 0. The van der Waals surface area contributed by atoms with Crippen LogP contribution in [0.5, 0.6) is 0 Å². The molecule has 2 rings (SSSR count). The van der Waals surface area contributed by atoms with Crippen LogP contribution < -0.4 is 5.73 Å². The van der Waals surface area contributed by atoms with Gasteiger partial charge >= 0.3 is 0 Å². The number of nitrogens with zero attached hydrogens (tertiary/aromatic N) is 3. The third kappa shape index (κ3) is 2.68. The molecule has 18 heavy (non-hydrogen) atoms. The number of aryl methyl sites for hydroxylation is 1. The van der Waals surface area contributed by atoms with Crippen LogP contribution in [0, 0.1) is 0 Å². The molecule has 0 aliphatic carbocycles. The first-order valence-electron chi connectivity index (χ1n) is 6.09. The standard InChI is InChI=1S/C13H18N4O/c1-2-6-17-9-15-8-11(17)12(18)7-10-4-3-5-16-13(10)14/h3-5,8-9,12,18H,2,6-7H2,1H3,(H2,14,16). The fourth-order valence-corrected chi connectivity index (χ4v) is 1.97. The van der Waals surface area contributed by atoms with Gasteiger partial charge < -0.3 is 15.4 Å². The van der Waals surface area contributed by atoms with E-state index in [1.807, 2.05) is 16.7 Å². The third-order valence-corrected chi connectivity index (χ3v) is 2.89. The van der Waals surface area contributed by atoms with E-state index < -0.39 is 6.10 Å². The molecule has 5 nitrogen and oxygen atoms in total. The van der Waals surface area contributed by atoms with Crippen LogP contribution in [0.2, 0.25) is 0 Å². The van der Waals surface area contributed by atoms with Crippen LogP contribution in [-0.2, 0) is 13.0 Å². The van der Waals surface area contributed by atoms with Crippen LogP contribution in [0.25, 0.3) is 0 Å². The minimum absolute atomic E-state index is 0.453. The number of aromatic nitrogens is 3. The summed E-state index contributed by atoms with van der Waals surface area (Å²) in [4.78, 5) is 8.10. The van der Waals surface area contributed by atoms with Gasteiger partial charge in [-0.15, -0.1) is 0 Å². The predicted molar refractivity (Wildman–Crippen MR) is 69.8 cm³/mol. The number of nitrogens with two attached hydrogens (primary N) is 1. The van der Waals surface area contributed by atoms with Crippen molar-refractivity contribution in [3.05, 3.63) is 42.1 Å². The number of aliphatic hydroxyl groups excluding tert-OH is 1. The van der Waals surface area contributed by atoms with Crippen LogP contribution in [0.15, 0.2) is 30.9 Å². The van der Waals surface area contributed by atoms with Gasteiger partial charge in [-0.25, -0.2) is 9.97 Å². The van der Waals surface area contributed by atoms with Crippen LogP contribution in [-0.4, -0.2) is 19.6 Å². The van der Waals surface area contributed by atoms with Crippen molar-refractivity contribution in [1.82, 2.24) is 14.5 Å². The van der Waals surface area contributed by atoms with E-state index in [0.717, 1.165) is 24.2 Å². The Hall–Kier alpha value is -1.88. The topological polar surface area (TPSA) is 77.0 Å². The van der Waals surface area contributed by atoms with Gasteiger partial charge in [0.1, 0.15) is 5.82 Å². The lowest BCUT2D eigenvalue weighted by Crippen LogP contribution is -2.10. The Labute approximate surface area is 106 Å². The lowest BCUT2D eigenvalue weighted by molar-refractivity contribution is 0.168. The van der Waals surface area contributed by atoms with E-state index in [1.165, 1.54) is 0 Å². The van der Waals surface area contributed by atoms with E-state index in [1.54, 1.807) is 18.7 Å². The molecule has 0 radical (unpaired) electrons. The molecule has 0 amide bonds. The lowest BCUT2D eigenvalue weighted by Gasteiger charge is -2.14. The molecule has 96 valence electrons. The van der Waals surface area contributed by atoms with Crippen molar-refractivity contribution in [2.45, 2.75) is 32.4 Å². The van der Waals surface area contributed by atoms with Gasteiger partial charge in [0.15, 0.2) is 0 Å². The third-order valence-electron chi connectivity index (χ3n) is 2.89. The average molecular weight is 246 g/mol. The van der Waals surface area contributed by atoms with Gasteiger partial charge in [0, 0.05) is 19.2 Å². The van der Waals surface area contributed by atoms with Crippen LogP contribution >= 0.6 is 0 Å². The molecule has 0 aromatic carbocycles. The Morgan fingerprint density at radius 2 is 2.33 bits per heavy atom. The highest BCUT2D eigenvalue weighted by Gasteiger charge is 2.14. The molecule has 3 N–H and O–H groups in total. The predicted octanol–water partition coefficient (Wildman–Crippen LogP) is 1.55. The highest BCUT2D eigenvalue weighted by atomic mass is 16.3. The first-order chi connectivity index (χ1) is 8.72. The zero-order chi connectivity index (χ0) is 13.0. The number of anilines is 1. The Morgan fingerprint density at radius 3 is 3.06 bits per heavy atom. The van der Waals surface area contributed by atoms with Crippen molar-refractivity contribution in [2.75, 3.05) is 5.73 Å². The summed E-state index contributed by atoms with van der Waals surface area (Å²) in [6.07, 6.45) is 5.94. The second-order valence-corrected chi connectivity index (χ2v) is 4.28. The molecule has 2 aromatic rings. The molecular formula is C13H18N4O. The SMILES string of the molecule is CCCn1cncc1C(O)Cc1cccnc1N. The molecule has 0 saturated heterocycles. The maximum Gasteiger partial charge on any atom is 0.126 e. The first-order valence-corrected chi connectivity index (χ1v) is 6.09. The maximum atomic E-state index is 10.3. The highest BCUT2D eigenvalue weighted by molar-refractivity contribution is 5.39. The Morgan fingerprint density at radius 1 is 1.50 bits per heavy atom. The molecule has 1 atom stereocenters. The molecule has 5 heteroatoms. The van der Waals surface area contributed by atoms with Crippen LogP contribution in [0.4, 0.5) is 5.82 Å². The summed E-state index contributed by atoms with van der Waals surface area (Å²) in [5, 5.41) is 10.3. The monoisotopic (exact) mass is 246 g/mol. The maximum absolute atomic E-state index is 10.3. The number of rotatable bonds is 5. The van der Waals surface area contributed by atoms with E-state index in [4.69, 9.17) is 5.73 Å². The largest absolute Gasteiger partial charge is 0.386 e. The molecule has 1 unspecified atom stereocenters. The number of aliphatic hydroxyl groups is 1. The fraction of sp³-hybridized carbons (Fsp3) is 0.385. The zero-order valence-electron chi connectivity index (χ0n) is 10.5. The summed E-state index contributed by atoms with van der Waals surface area (Å²) in [6, 6.07) is 3.70. The van der Waals surface area contributed by atoms with E-state index in [-0.39, 0.29) is 0 Å². The molecule has 0 bridgehead atoms. The smallest absolute Gasteiger partial charge is 0.126 e. The molecule has 0 saturated carbocycles. The summed E-state index contributed by atoms with van der Waals surface area (Å²) in [5.74, 6) is 0.470. The van der Waals surface area contributed by atoms with Crippen molar-refractivity contribution >= 4 is 5.82 Å². The Balaban J connectivity index is 2.14. The van der Waals surface area contributed by atoms with Gasteiger partial charge in [-0.2, -0.15) is 0 Å². The second kappa shape index (κ2) is 5.64. The molecule has 0 aliphatic heterocycles. The van der Waals surface area contributed by atoms with E-state index >= 15 is 0 Å². The number of hydrogen-bond donors (Lipinski definition) is 2. The Kier molecular flexibility index (Phi) is 3.94. The number of nitrogen functional groups attached to an aromatic ring is 1. The van der Waals surface area contributed by atoms with Gasteiger partial charge in [0.2, 0.25) is 0 Å². The minimum Gasteiger partial charge on any atom is -0.386 e. The van der Waals surface area contributed by atoms with Crippen molar-refractivity contribution < 1.29 is 5.11 Å². The second-order valence-electron chi connectivity index (χ2n) is 4.28. The van der Waals surface area contributed by atoms with Gasteiger partial charge in [-0.3, -0.25) is 0 Å². The van der Waals surface area contributed by atoms with Crippen molar-refractivity contribution in [1.29, 1.82) is 0 Å². The molecule has 0 spiro atoms. The van der Waals surface area contributed by atoms with Gasteiger partial charge in [-0.05, 0) is 18.1 Å². The van der Waals surface area contributed by atoms with Gasteiger partial charge in [0.25, 0.3) is 0 Å². The van der Waals surface area contributed by atoms with Crippen molar-refractivity contribution in [2.24, 2.45) is 0 Å². The van der Waals surface area contributed by atoms with E-state index in [0.29, 0.717) is 12.2 Å². The average Bonchev–Trinajstić information content (AvgIpc) is 2.81. The quantitative estimate of drug-likeness (QED) is 0.839. The zero-order valence-corrected chi connectivity index (χ0v) is 10.5. The number of imidazole rings is 1. The van der Waals surface area contributed by atoms with Gasteiger partial charge in [0.05, 0.1) is 24.3 Å². The lowest BCUT2D eigenvalue weighted by atomic mass is 10.1. The van der Waals surface area contributed by atoms with Crippen molar-refractivity contribution in [3.63, 3.8) is 0 Å². The minimum atomic E-state index is -0.606. The summed E-state index contributed by atoms with van der Waals surface area (Å²) in [5.41, 5.74) is 7.45.